The van der Waals surface area contributed by atoms with E-state index >= 15 is 0 Å². The molecule has 0 spiro atoms. The zero-order valence-corrected chi connectivity index (χ0v) is 22.9. The number of rotatable bonds is 7. The van der Waals surface area contributed by atoms with Crippen molar-refractivity contribution in [2.24, 2.45) is 5.41 Å². The van der Waals surface area contributed by atoms with Crippen molar-refractivity contribution < 1.29 is 19.5 Å². The van der Waals surface area contributed by atoms with Crippen LogP contribution in [0.15, 0.2) is 60.1 Å². The number of β-amino-alcohol motifs (C(OH)–C–C–N with tert-alkyl or cyclic N) is 1. The van der Waals surface area contributed by atoms with Gasteiger partial charge < -0.3 is 20.6 Å². The molecule has 2 heterocycles. The number of aryl methyl sites for hydroxylation is 1. The Morgan fingerprint density at radius 3 is 2.39 bits per heavy atom. The molecule has 4 rings (SSSR count). The van der Waals surface area contributed by atoms with Gasteiger partial charge in [0, 0.05) is 25.1 Å². The number of thiazole rings is 1. The van der Waals surface area contributed by atoms with Crippen LogP contribution in [-0.4, -0.2) is 57.4 Å². The summed E-state index contributed by atoms with van der Waals surface area (Å²) in [5.41, 5.74) is 4.62. The van der Waals surface area contributed by atoms with E-state index in [1.165, 1.54) is 4.90 Å². The summed E-state index contributed by atoms with van der Waals surface area (Å²) in [5.74, 6) is -1.08. The molecule has 1 aliphatic heterocycles. The van der Waals surface area contributed by atoms with Gasteiger partial charge in [-0.3, -0.25) is 14.4 Å². The summed E-state index contributed by atoms with van der Waals surface area (Å²) in [4.78, 5) is 46.5. The first kappa shape index (κ1) is 27.5. The third kappa shape index (κ3) is 6.28. The molecule has 1 aliphatic rings. The summed E-state index contributed by atoms with van der Waals surface area (Å²) in [5, 5.41) is 16.1. The molecule has 3 amide bonds. The Morgan fingerprint density at radius 1 is 1.11 bits per heavy atom. The average molecular weight is 535 g/mol. The van der Waals surface area contributed by atoms with Gasteiger partial charge in [0.2, 0.25) is 11.8 Å². The van der Waals surface area contributed by atoms with Crippen molar-refractivity contribution in [1.29, 1.82) is 0 Å². The van der Waals surface area contributed by atoms with Crippen molar-refractivity contribution in [1.82, 2.24) is 20.5 Å². The van der Waals surface area contributed by atoms with Gasteiger partial charge in [0.15, 0.2) is 0 Å². The summed E-state index contributed by atoms with van der Waals surface area (Å²) in [7, 11) is 0. The van der Waals surface area contributed by atoms with E-state index in [9.17, 15) is 19.5 Å². The summed E-state index contributed by atoms with van der Waals surface area (Å²) < 4.78 is 0. The lowest BCUT2D eigenvalue weighted by Gasteiger charge is -2.35. The van der Waals surface area contributed by atoms with E-state index in [4.69, 9.17) is 0 Å². The fraction of sp³-hybridized carbons (Fsp3) is 0.379. The Labute approximate surface area is 227 Å². The van der Waals surface area contributed by atoms with Crippen LogP contribution in [0.5, 0.6) is 0 Å². The van der Waals surface area contributed by atoms with Crippen molar-refractivity contribution in [3.63, 3.8) is 0 Å². The molecule has 38 heavy (non-hydrogen) atoms. The van der Waals surface area contributed by atoms with E-state index in [1.54, 1.807) is 35.6 Å². The Morgan fingerprint density at radius 2 is 1.79 bits per heavy atom. The maximum atomic E-state index is 13.7. The maximum Gasteiger partial charge on any atom is 0.251 e. The molecule has 3 aromatic rings. The lowest BCUT2D eigenvalue weighted by molar-refractivity contribution is -0.142. The lowest BCUT2D eigenvalue weighted by Crippen LogP contribution is -2.57. The molecule has 1 aromatic heterocycles. The van der Waals surface area contributed by atoms with Gasteiger partial charge >= 0.3 is 0 Å². The molecule has 9 heteroatoms. The maximum absolute atomic E-state index is 13.7. The zero-order chi connectivity index (χ0) is 27.4. The van der Waals surface area contributed by atoms with Crippen LogP contribution in [0, 0.1) is 12.3 Å². The number of carbonyl (C=O) groups is 3. The monoisotopic (exact) mass is 534 g/mol. The Hall–Kier alpha value is -3.56. The highest BCUT2D eigenvalue weighted by molar-refractivity contribution is 7.13. The van der Waals surface area contributed by atoms with Crippen molar-refractivity contribution in [2.75, 3.05) is 6.54 Å². The average Bonchev–Trinajstić information content (AvgIpc) is 3.50. The zero-order valence-electron chi connectivity index (χ0n) is 22.1. The molecule has 0 saturated carbocycles. The van der Waals surface area contributed by atoms with Gasteiger partial charge in [-0.2, -0.15) is 0 Å². The molecule has 200 valence electrons. The number of likely N-dealkylation sites (tertiary alicyclic amines) is 1. The number of nitrogens with zero attached hydrogens (tertiary/aromatic N) is 2. The molecular weight excluding hydrogens is 500 g/mol. The van der Waals surface area contributed by atoms with Crippen LogP contribution in [0.4, 0.5) is 0 Å². The Kier molecular flexibility index (Phi) is 8.28. The van der Waals surface area contributed by atoms with Crippen molar-refractivity contribution in [3.05, 3.63) is 76.9 Å². The van der Waals surface area contributed by atoms with E-state index in [1.807, 2.05) is 63.5 Å². The lowest BCUT2D eigenvalue weighted by atomic mass is 9.85. The standard InChI is InChI=1S/C29H34N4O4S/c1-18-24(38-17-31-18)20-12-10-19(11-13-20)15-30-27(36)23-14-22(34)16-33(23)28(37)25(29(2,3)4)32-26(35)21-8-6-5-7-9-21/h5-13,17,22-23,25,34H,14-16H2,1-4H3,(H,30,36)(H,32,35)/t22-,23+,25?/m1/s1. The van der Waals surface area contributed by atoms with Gasteiger partial charge in [0.1, 0.15) is 12.1 Å². The molecule has 1 unspecified atom stereocenters. The third-order valence-corrected chi connectivity index (χ3v) is 7.70. The van der Waals surface area contributed by atoms with Crippen molar-refractivity contribution in [2.45, 2.75) is 58.8 Å². The van der Waals surface area contributed by atoms with Crippen LogP contribution in [-0.2, 0) is 16.1 Å². The highest BCUT2D eigenvalue weighted by Gasteiger charge is 2.44. The Balaban J connectivity index is 1.43. The van der Waals surface area contributed by atoms with Crippen molar-refractivity contribution in [3.8, 4) is 10.4 Å². The quantitative estimate of drug-likeness (QED) is 0.429. The van der Waals surface area contributed by atoms with Crippen molar-refractivity contribution >= 4 is 29.1 Å². The summed E-state index contributed by atoms with van der Waals surface area (Å²) in [6.45, 7) is 7.89. The fourth-order valence-electron chi connectivity index (χ4n) is 4.58. The van der Waals surface area contributed by atoms with Gasteiger partial charge in [0.25, 0.3) is 5.91 Å². The number of aliphatic hydroxyl groups excluding tert-OH is 1. The van der Waals surface area contributed by atoms with E-state index in [0.29, 0.717) is 12.1 Å². The predicted molar refractivity (Wildman–Crippen MR) is 147 cm³/mol. The van der Waals surface area contributed by atoms with Crippen LogP contribution in [0.1, 0.15) is 48.8 Å². The highest BCUT2D eigenvalue weighted by Crippen LogP contribution is 2.28. The van der Waals surface area contributed by atoms with Gasteiger partial charge in [0.05, 0.1) is 22.2 Å². The summed E-state index contributed by atoms with van der Waals surface area (Å²) in [6, 6.07) is 14.9. The Bertz CT molecular complexity index is 1280. The van der Waals surface area contributed by atoms with Crippen LogP contribution < -0.4 is 10.6 Å². The topological polar surface area (TPSA) is 112 Å². The fourth-order valence-corrected chi connectivity index (χ4v) is 5.40. The molecule has 2 aromatic carbocycles. The van der Waals surface area contributed by atoms with Crippen LogP contribution in [0.25, 0.3) is 10.4 Å². The number of nitrogens with one attached hydrogen (secondary N) is 2. The van der Waals surface area contributed by atoms with Gasteiger partial charge in [-0.1, -0.05) is 63.2 Å². The van der Waals surface area contributed by atoms with E-state index in [-0.39, 0.29) is 30.7 Å². The second-order valence-electron chi connectivity index (χ2n) is 10.7. The van der Waals surface area contributed by atoms with Gasteiger partial charge in [-0.15, -0.1) is 11.3 Å². The van der Waals surface area contributed by atoms with Crippen LogP contribution in [0.3, 0.4) is 0 Å². The predicted octanol–water partition coefficient (Wildman–Crippen LogP) is 3.54. The first-order valence-electron chi connectivity index (χ1n) is 12.7. The molecule has 0 radical (unpaired) electrons. The number of benzene rings is 2. The molecule has 0 bridgehead atoms. The minimum absolute atomic E-state index is 0.0353. The SMILES string of the molecule is Cc1ncsc1-c1ccc(CNC(=O)[C@@H]2C[C@@H](O)CN2C(=O)C(NC(=O)c2ccccc2)C(C)(C)C)cc1. The smallest absolute Gasteiger partial charge is 0.251 e. The number of amides is 3. The highest BCUT2D eigenvalue weighted by atomic mass is 32.1. The van der Waals surface area contributed by atoms with Gasteiger partial charge in [-0.25, -0.2) is 4.98 Å². The largest absolute Gasteiger partial charge is 0.391 e. The number of aliphatic hydroxyl groups is 1. The minimum Gasteiger partial charge on any atom is -0.391 e. The molecule has 0 aliphatic carbocycles. The summed E-state index contributed by atoms with van der Waals surface area (Å²) >= 11 is 1.58. The third-order valence-electron chi connectivity index (χ3n) is 6.72. The summed E-state index contributed by atoms with van der Waals surface area (Å²) in [6.07, 6.45) is -0.674. The molecule has 1 saturated heterocycles. The van der Waals surface area contributed by atoms with E-state index in [0.717, 1.165) is 21.7 Å². The molecular formula is C29H34N4O4S. The molecule has 1 fully saturated rings. The minimum atomic E-state index is -0.876. The molecule has 3 atom stereocenters. The normalized spacial score (nSPS) is 18.2. The second-order valence-corrected chi connectivity index (χ2v) is 11.6. The number of hydrogen-bond donors (Lipinski definition) is 3. The number of carbonyl (C=O) groups excluding carboxylic acids is 3. The molecule has 3 N–H and O–H groups in total. The first-order chi connectivity index (χ1) is 18.0. The van der Waals surface area contributed by atoms with Gasteiger partial charge in [-0.05, 0) is 35.6 Å². The number of aromatic nitrogens is 1. The second kappa shape index (κ2) is 11.4. The first-order valence-corrected chi connectivity index (χ1v) is 13.5. The van der Waals surface area contributed by atoms with Crippen LogP contribution in [0.2, 0.25) is 0 Å². The van der Waals surface area contributed by atoms with E-state index < -0.39 is 23.6 Å². The van der Waals surface area contributed by atoms with E-state index in [2.05, 4.69) is 15.6 Å². The number of hydrogen-bond acceptors (Lipinski definition) is 6. The van der Waals surface area contributed by atoms with Crippen LogP contribution >= 0.6 is 11.3 Å². The molecule has 8 nitrogen and oxygen atoms in total.